The highest BCUT2D eigenvalue weighted by molar-refractivity contribution is 5.44. The predicted octanol–water partition coefficient (Wildman–Crippen LogP) is 1.90. The molecule has 0 aliphatic rings. The minimum absolute atomic E-state index is 0.618. The van der Waals surface area contributed by atoms with Gasteiger partial charge in [-0.25, -0.2) is 10.8 Å². The normalized spacial score (nSPS) is 11.0. The second-order valence-corrected chi connectivity index (χ2v) is 4.76. The molecule has 5 heteroatoms. The van der Waals surface area contributed by atoms with Crippen LogP contribution in [-0.2, 0) is 0 Å². The second-order valence-electron chi connectivity index (χ2n) is 4.76. The molecule has 5 nitrogen and oxygen atoms in total. The standard InChI is InChI=1S/C13H25N5/c1-11(2)18(3)10-5-4-9-15-12-7-6-8-13(16-12)17-14/h6-8,11H,4-5,9-10,14H2,1-3H3,(H2,15,16,17). The Morgan fingerprint density at radius 1 is 1.28 bits per heavy atom. The monoisotopic (exact) mass is 251 g/mol. The lowest BCUT2D eigenvalue weighted by molar-refractivity contribution is 0.269. The Labute approximate surface area is 110 Å². The van der Waals surface area contributed by atoms with E-state index in [1.165, 1.54) is 6.42 Å². The molecule has 0 saturated heterocycles. The van der Waals surface area contributed by atoms with Crippen LogP contribution in [0.25, 0.3) is 0 Å². The zero-order valence-electron chi connectivity index (χ0n) is 11.6. The number of aromatic nitrogens is 1. The Morgan fingerprint density at radius 3 is 2.67 bits per heavy atom. The Hall–Kier alpha value is -1.33. The number of pyridine rings is 1. The fraction of sp³-hybridized carbons (Fsp3) is 0.615. The van der Waals surface area contributed by atoms with Gasteiger partial charge in [0.2, 0.25) is 0 Å². The van der Waals surface area contributed by atoms with Gasteiger partial charge in [0, 0.05) is 12.6 Å². The Morgan fingerprint density at radius 2 is 2.00 bits per heavy atom. The number of rotatable bonds is 8. The molecule has 0 bridgehead atoms. The average molecular weight is 251 g/mol. The molecule has 4 N–H and O–H groups in total. The smallest absolute Gasteiger partial charge is 0.142 e. The summed E-state index contributed by atoms with van der Waals surface area (Å²) in [6.07, 6.45) is 2.33. The number of nitrogens with two attached hydrogens (primary N) is 1. The number of nitrogen functional groups attached to an aromatic ring is 1. The van der Waals surface area contributed by atoms with Crippen LogP contribution in [0.4, 0.5) is 11.6 Å². The summed E-state index contributed by atoms with van der Waals surface area (Å²) in [4.78, 5) is 6.65. The summed E-state index contributed by atoms with van der Waals surface area (Å²) in [5, 5.41) is 3.30. The molecular weight excluding hydrogens is 226 g/mol. The molecule has 1 rings (SSSR count). The molecule has 102 valence electrons. The first kappa shape index (κ1) is 14.7. The van der Waals surface area contributed by atoms with E-state index in [0.29, 0.717) is 11.9 Å². The quantitative estimate of drug-likeness (QED) is 0.374. The zero-order valence-corrected chi connectivity index (χ0v) is 11.6. The van der Waals surface area contributed by atoms with Crippen LogP contribution in [0.2, 0.25) is 0 Å². The molecule has 0 aliphatic heterocycles. The van der Waals surface area contributed by atoms with E-state index in [2.05, 4.69) is 41.5 Å². The molecule has 0 atom stereocenters. The first-order valence-corrected chi connectivity index (χ1v) is 6.51. The maximum absolute atomic E-state index is 5.31. The molecule has 0 aromatic carbocycles. The summed E-state index contributed by atoms with van der Waals surface area (Å²) in [5.74, 6) is 6.85. The molecule has 0 saturated carbocycles. The van der Waals surface area contributed by atoms with Gasteiger partial charge in [0.25, 0.3) is 0 Å². The summed E-state index contributed by atoms with van der Waals surface area (Å²) in [6.45, 7) is 6.51. The van der Waals surface area contributed by atoms with Gasteiger partial charge in [-0.15, -0.1) is 0 Å². The fourth-order valence-corrected chi connectivity index (χ4v) is 1.57. The van der Waals surface area contributed by atoms with Crippen LogP contribution in [0.15, 0.2) is 18.2 Å². The van der Waals surface area contributed by atoms with Gasteiger partial charge in [0.1, 0.15) is 11.6 Å². The largest absolute Gasteiger partial charge is 0.370 e. The van der Waals surface area contributed by atoms with Crippen molar-refractivity contribution >= 4 is 11.6 Å². The predicted molar refractivity (Wildman–Crippen MR) is 77.5 cm³/mol. The van der Waals surface area contributed by atoms with Gasteiger partial charge >= 0.3 is 0 Å². The van der Waals surface area contributed by atoms with E-state index >= 15 is 0 Å². The van der Waals surface area contributed by atoms with Crippen molar-refractivity contribution in [3.63, 3.8) is 0 Å². The van der Waals surface area contributed by atoms with Gasteiger partial charge in [-0.05, 0) is 52.4 Å². The van der Waals surface area contributed by atoms with Gasteiger partial charge in [-0.2, -0.15) is 0 Å². The summed E-state index contributed by atoms with van der Waals surface area (Å²) in [5.41, 5.74) is 2.54. The lowest BCUT2D eigenvalue weighted by atomic mass is 10.2. The van der Waals surface area contributed by atoms with E-state index < -0.39 is 0 Å². The van der Waals surface area contributed by atoms with Crippen molar-refractivity contribution < 1.29 is 0 Å². The minimum Gasteiger partial charge on any atom is -0.370 e. The van der Waals surface area contributed by atoms with Crippen LogP contribution in [0.3, 0.4) is 0 Å². The molecule has 1 aromatic rings. The van der Waals surface area contributed by atoms with Crippen molar-refractivity contribution in [2.75, 3.05) is 30.9 Å². The van der Waals surface area contributed by atoms with Crippen molar-refractivity contribution in [2.45, 2.75) is 32.7 Å². The minimum atomic E-state index is 0.618. The number of nitrogens with one attached hydrogen (secondary N) is 2. The van der Waals surface area contributed by atoms with Crippen molar-refractivity contribution in [1.29, 1.82) is 0 Å². The molecule has 0 spiro atoms. The average Bonchev–Trinajstić information content (AvgIpc) is 2.38. The summed E-state index contributed by atoms with van der Waals surface area (Å²) < 4.78 is 0. The first-order valence-electron chi connectivity index (χ1n) is 6.51. The van der Waals surface area contributed by atoms with Crippen molar-refractivity contribution in [3.8, 4) is 0 Å². The van der Waals surface area contributed by atoms with Crippen molar-refractivity contribution in [1.82, 2.24) is 9.88 Å². The van der Waals surface area contributed by atoms with Crippen LogP contribution in [0.5, 0.6) is 0 Å². The highest BCUT2D eigenvalue weighted by Gasteiger charge is 2.01. The molecule has 1 heterocycles. The van der Waals surface area contributed by atoms with Gasteiger partial charge in [0.15, 0.2) is 0 Å². The third kappa shape index (κ3) is 5.33. The maximum atomic E-state index is 5.31. The van der Waals surface area contributed by atoms with Gasteiger partial charge in [-0.1, -0.05) is 6.07 Å². The summed E-state index contributed by atoms with van der Waals surface area (Å²) in [6, 6.07) is 6.33. The second kappa shape index (κ2) is 7.89. The van der Waals surface area contributed by atoms with Crippen LogP contribution in [-0.4, -0.2) is 36.1 Å². The van der Waals surface area contributed by atoms with Crippen LogP contribution in [0, 0.1) is 0 Å². The number of unbranched alkanes of at least 4 members (excludes halogenated alkanes) is 1. The third-order valence-corrected chi connectivity index (χ3v) is 3.02. The highest BCUT2D eigenvalue weighted by atomic mass is 15.3. The Kier molecular flexibility index (Phi) is 6.46. The van der Waals surface area contributed by atoms with E-state index in [0.717, 1.165) is 25.3 Å². The summed E-state index contributed by atoms with van der Waals surface area (Å²) >= 11 is 0. The molecule has 0 radical (unpaired) electrons. The van der Waals surface area contributed by atoms with E-state index in [9.17, 15) is 0 Å². The molecule has 1 aromatic heterocycles. The van der Waals surface area contributed by atoms with E-state index in [1.807, 2.05) is 18.2 Å². The molecule has 0 unspecified atom stereocenters. The number of hydrazine groups is 1. The fourth-order valence-electron chi connectivity index (χ4n) is 1.57. The Bertz CT molecular complexity index is 340. The van der Waals surface area contributed by atoms with Gasteiger partial charge < -0.3 is 15.6 Å². The third-order valence-electron chi connectivity index (χ3n) is 3.02. The number of hydrogen-bond acceptors (Lipinski definition) is 5. The molecule has 0 amide bonds. The maximum Gasteiger partial charge on any atom is 0.142 e. The topological polar surface area (TPSA) is 66.2 Å². The van der Waals surface area contributed by atoms with Gasteiger partial charge in [-0.3, -0.25) is 0 Å². The van der Waals surface area contributed by atoms with Crippen molar-refractivity contribution in [2.24, 2.45) is 5.84 Å². The number of nitrogens with zero attached hydrogens (tertiary/aromatic N) is 2. The number of hydrogen-bond donors (Lipinski definition) is 3. The van der Waals surface area contributed by atoms with Crippen LogP contribution < -0.4 is 16.6 Å². The zero-order chi connectivity index (χ0) is 13.4. The molecule has 0 aliphatic carbocycles. The lowest BCUT2D eigenvalue weighted by Crippen LogP contribution is -2.27. The lowest BCUT2D eigenvalue weighted by Gasteiger charge is -2.20. The molecule has 0 fully saturated rings. The highest BCUT2D eigenvalue weighted by Crippen LogP contribution is 2.08. The van der Waals surface area contributed by atoms with Crippen LogP contribution >= 0.6 is 0 Å². The van der Waals surface area contributed by atoms with E-state index in [-0.39, 0.29) is 0 Å². The van der Waals surface area contributed by atoms with Crippen molar-refractivity contribution in [3.05, 3.63) is 18.2 Å². The Balaban J connectivity index is 2.17. The number of anilines is 2. The van der Waals surface area contributed by atoms with Crippen LogP contribution in [0.1, 0.15) is 26.7 Å². The van der Waals surface area contributed by atoms with E-state index in [4.69, 9.17) is 5.84 Å². The summed E-state index contributed by atoms with van der Waals surface area (Å²) in [7, 11) is 2.16. The molecular formula is C13H25N5. The molecule has 18 heavy (non-hydrogen) atoms. The van der Waals surface area contributed by atoms with E-state index in [1.54, 1.807) is 0 Å². The SMILES string of the molecule is CC(C)N(C)CCCCNc1cccc(NN)n1. The van der Waals surface area contributed by atoms with Gasteiger partial charge in [0.05, 0.1) is 0 Å². The first-order chi connectivity index (χ1) is 8.63.